The molecule has 192 valence electrons. The molecule has 3 aromatic rings. The Labute approximate surface area is 221 Å². The molecule has 0 aromatic carbocycles. The minimum Gasteiger partial charge on any atom is -0.393 e. The van der Waals surface area contributed by atoms with Gasteiger partial charge in [0.2, 0.25) is 5.78 Å². The van der Waals surface area contributed by atoms with Crippen LogP contribution in [0.15, 0.2) is 36.8 Å². The molecular weight excluding hydrogens is 551 g/mol. The average molecular weight is 573 g/mol. The van der Waals surface area contributed by atoms with Crippen LogP contribution in [0.25, 0.3) is 0 Å². The van der Waals surface area contributed by atoms with E-state index in [0.717, 1.165) is 11.3 Å². The van der Waals surface area contributed by atoms with Gasteiger partial charge in [-0.2, -0.15) is 13.1 Å². The smallest absolute Gasteiger partial charge is 0.333 e. The number of nitrogens with zero attached hydrogens (tertiary/aromatic N) is 3. The number of ketones is 1. The second-order valence-corrected chi connectivity index (χ2v) is 11.6. The van der Waals surface area contributed by atoms with Crippen LogP contribution < -0.4 is 15.8 Å². The highest BCUT2D eigenvalue weighted by Crippen LogP contribution is 2.36. The van der Waals surface area contributed by atoms with Gasteiger partial charge in [-0.1, -0.05) is 29.3 Å². The highest BCUT2D eigenvalue weighted by atomic mass is 35.5. The number of nitrogens with one attached hydrogen (secondary N) is 2. The molecule has 11 nitrogen and oxygen atoms in total. The van der Waals surface area contributed by atoms with Crippen molar-refractivity contribution in [1.82, 2.24) is 19.7 Å². The number of pyridine rings is 1. The van der Waals surface area contributed by atoms with Crippen molar-refractivity contribution in [2.24, 2.45) is 11.7 Å². The zero-order valence-electron chi connectivity index (χ0n) is 18.5. The molecule has 4 atom stereocenters. The SMILES string of the molecule is N[C@H](c1cccc(Cl)n1)c1cc(C(=O)c2cncnc2N[C@@H]2C[C@H](CNS(=O)(=O)O)[C@@H](O)C2)sc1Cl. The maximum Gasteiger partial charge on any atom is 0.333 e. The van der Waals surface area contributed by atoms with Gasteiger partial charge in [-0.15, -0.1) is 11.3 Å². The first-order valence-corrected chi connectivity index (χ1v) is 13.7. The molecule has 6 N–H and O–H groups in total. The van der Waals surface area contributed by atoms with Crippen LogP contribution in [0.3, 0.4) is 0 Å². The maximum atomic E-state index is 13.4. The molecule has 0 amide bonds. The zero-order valence-corrected chi connectivity index (χ0v) is 21.7. The third-order valence-electron chi connectivity index (χ3n) is 5.81. The first-order chi connectivity index (χ1) is 17.0. The van der Waals surface area contributed by atoms with Crippen LogP contribution in [-0.2, 0) is 10.3 Å². The highest BCUT2D eigenvalue weighted by Gasteiger charge is 2.34. The van der Waals surface area contributed by atoms with E-state index in [9.17, 15) is 18.3 Å². The molecular formula is C21H22Cl2N6O5S2. The van der Waals surface area contributed by atoms with E-state index in [2.05, 4.69) is 20.3 Å². The van der Waals surface area contributed by atoms with Crippen LogP contribution in [-0.4, -0.2) is 57.5 Å². The predicted octanol–water partition coefficient (Wildman–Crippen LogP) is 2.46. The Kier molecular flexibility index (Phi) is 8.22. The minimum atomic E-state index is -4.36. The van der Waals surface area contributed by atoms with Crippen LogP contribution in [0, 0.1) is 5.92 Å². The molecule has 36 heavy (non-hydrogen) atoms. The third-order valence-corrected chi connectivity index (χ3v) is 7.94. The number of hydrogen-bond donors (Lipinski definition) is 5. The van der Waals surface area contributed by atoms with Crippen molar-refractivity contribution in [1.29, 1.82) is 0 Å². The van der Waals surface area contributed by atoms with Crippen molar-refractivity contribution in [3.05, 3.63) is 68.0 Å². The Hall–Kier alpha value is -2.23. The fourth-order valence-corrected chi connectivity index (χ4v) is 5.95. The molecule has 15 heteroatoms. The van der Waals surface area contributed by atoms with Gasteiger partial charge in [-0.25, -0.2) is 15.0 Å². The first-order valence-electron chi connectivity index (χ1n) is 10.7. The van der Waals surface area contributed by atoms with Crippen molar-refractivity contribution >= 4 is 56.4 Å². The van der Waals surface area contributed by atoms with Crippen molar-refractivity contribution in [2.75, 3.05) is 11.9 Å². The van der Waals surface area contributed by atoms with Gasteiger partial charge in [0.25, 0.3) is 0 Å². The molecule has 0 radical (unpaired) electrons. The minimum absolute atomic E-state index is 0.119. The molecule has 3 heterocycles. The van der Waals surface area contributed by atoms with Crippen molar-refractivity contribution < 1.29 is 22.9 Å². The van der Waals surface area contributed by atoms with Crippen LogP contribution >= 0.6 is 34.5 Å². The van der Waals surface area contributed by atoms with E-state index in [0.29, 0.717) is 33.3 Å². The van der Waals surface area contributed by atoms with Gasteiger partial charge in [0.1, 0.15) is 17.3 Å². The molecule has 4 rings (SSSR count). The van der Waals surface area contributed by atoms with Crippen LogP contribution in [0.2, 0.25) is 9.49 Å². The molecule has 1 saturated carbocycles. The molecule has 0 aliphatic heterocycles. The Balaban J connectivity index is 1.51. The monoisotopic (exact) mass is 572 g/mol. The average Bonchev–Trinajstić information content (AvgIpc) is 3.38. The summed E-state index contributed by atoms with van der Waals surface area (Å²) in [7, 11) is -4.36. The van der Waals surface area contributed by atoms with E-state index < -0.39 is 28.4 Å². The number of anilines is 1. The van der Waals surface area contributed by atoms with Crippen molar-refractivity contribution in [3.63, 3.8) is 0 Å². The van der Waals surface area contributed by atoms with Crippen LogP contribution in [0.5, 0.6) is 0 Å². The van der Waals surface area contributed by atoms with Gasteiger partial charge < -0.3 is 16.2 Å². The lowest BCUT2D eigenvalue weighted by molar-refractivity contribution is 0.104. The van der Waals surface area contributed by atoms with E-state index in [1.165, 1.54) is 12.5 Å². The third kappa shape index (κ3) is 6.36. The van der Waals surface area contributed by atoms with Crippen LogP contribution in [0.4, 0.5) is 5.82 Å². The Morgan fingerprint density at radius 1 is 1.31 bits per heavy atom. The van der Waals surface area contributed by atoms with Crippen LogP contribution in [0.1, 0.15) is 45.4 Å². The number of aliphatic hydroxyl groups excluding tert-OH is 1. The van der Waals surface area contributed by atoms with Gasteiger partial charge in [-0.05, 0) is 31.0 Å². The molecule has 0 spiro atoms. The standard InChI is InChI=1S/C21H22Cl2N6O5S2/c22-17-3-1-2-14(29-17)18(24)12-6-16(35-20(12)23)19(31)13-8-25-9-26-21(13)28-11-4-10(15(30)5-11)7-27-36(32,33)34/h1-3,6,8-11,15,18,27,30H,4-5,7,24H2,(H,25,26,28)(H,32,33,34)/t10-,11-,15+,18+/m1/s1. The number of hydrogen-bond acceptors (Lipinski definition) is 10. The largest absolute Gasteiger partial charge is 0.393 e. The summed E-state index contributed by atoms with van der Waals surface area (Å²) in [6, 6.07) is 5.69. The molecule has 1 aliphatic carbocycles. The predicted molar refractivity (Wildman–Crippen MR) is 136 cm³/mol. The summed E-state index contributed by atoms with van der Waals surface area (Å²) in [6.07, 6.45) is 2.55. The molecule has 3 aromatic heterocycles. The van der Waals surface area contributed by atoms with Crippen molar-refractivity contribution in [2.45, 2.75) is 31.0 Å². The van der Waals surface area contributed by atoms with Gasteiger partial charge in [-0.3, -0.25) is 9.35 Å². The number of nitrogens with two attached hydrogens (primary N) is 1. The lowest BCUT2D eigenvalue weighted by Gasteiger charge is -2.15. The van der Waals surface area contributed by atoms with E-state index in [-0.39, 0.29) is 34.9 Å². The summed E-state index contributed by atoms with van der Waals surface area (Å²) in [4.78, 5) is 26.1. The molecule has 0 saturated heterocycles. The second-order valence-electron chi connectivity index (χ2n) is 8.28. The second kappa shape index (κ2) is 11.0. The molecule has 1 aliphatic rings. The highest BCUT2D eigenvalue weighted by molar-refractivity contribution is 7.83. The summed E-state index contributed by atoms with van der Waals surface area (Å²) in [5, 5.41) is 13.7. The maximum absolute atomic E-state index is 13.4. The van der Waals surface area contributed by atoms with Gasteiger partial charge in [0.15, 0.2) is 0 Å². The summed E-state index contributed by atoms with van der Waals surface area (Å²) in [6.45, 7) is -0.119. The lowest BCUT2D eigenvalue weighted by atomic mass is 10.1. The first kappa shape index (κ1) is 26.8. The Morgan fingerprint density at radius 3 is 2.81 bits per heavy atom. The van der Waals surface area contributed by atoms with Gasteiger partial charge in [0, 0.05) is 30.3 Å². The number of halogens is 2. The van der Waals surface area contributed by atoms with Gasteiger partial charge in [0.05, 0.1) is 32.6 Å². The number of aromatic nitrogens is 3. The number of aliphatic hydroxyl groups is 1. The van der Waals surface area contributed by atoms with E-state index in [4.69, 9.17) is 33.5 Å². The molecule has 0 unspecified atom stereocenters. The lowest BCUT2D eigenvalue weighted by Crippen LogP contribution is -2.32. The topological polar surface area (TPSA) is 180 Å². The number of carbonyl (C=O) groups is 1. The number of thiophene rings is 1. The normalized spacial score (nSPS) is 20.9. The van der Waals surface area contributed by atoms with Gasteiger partial charge >= 0.3 is 10.3 Å². The van der Waals surface area contributed by atoms with E-state index in [1.807, 2.05) is 4.72 Å². The van der Waals surface area contributed by atoms with E-state index >= 15 is 0 Å². The number of carbonyl (C=O) groups excluding carboxylic acids is 1. The summed E-state index contributed by atoms with van der Waals surface area (Å²) in [5.74, 6) is -0.529. The quantitative estimate of drug-likeness (QED) is 0.145. The molecule has 0 bridgehead atoms. The van der Waals surface area contributed by atoms with Crippen molar-refractivity contribution in [3.8, 4) is 0 Å². The number of rotatable bonds is 9. The summed E-state index contributed by atoms with van der Waals surface area (Å²) < 4.78 is 33.1. The Bertz CT molecular complexity index is 1370. The fourth-order valence-electron chi connectivity index (χ4n) is 4.05. The van der Waals surface area contributed by atoms with E-state index in [1.54, 1.807) is 24.3 Å². The summed E-state index contributed by atoms with van der Waals surface area (Å²) >= 11 is 13.5. The molecule has 1 fully saturated rings. The Morgan fingerprint density at radius 2 is 2.08 bits per heavy atom. The summed E-state index contributed by atoms with van der Waals surface area (Å²) in [5.41, 5.74) is 7.56. The zero-order chi connectivity index (χ0) is 26.0. The fraction of sp³-hybridized carbons (Fsp3) is 0.333.